The monoisotopic (exact) mass is 399 g/mol. The average molecular weight is 400 g/mol. The molecule has 1 amide bonds. The largest absolute Gasteiger partial charge is 0.508 e. The third-order valence-corrected chi connectivity index (χ3v) is 6.28. The van der Waals surface area contributed by atoms with E-state index in [1.807, 2.05) is 18.2 Å². The Balaban J connectivity index is 2.17. The lowest BCUT2D eigenvalue weighted by Crippen LogP contribution is -2.47. The van der Waals surface area contributed by atoms with Crippen LogP contribution in [0, 0.1) is 11.7 Å². The molecule has 2 N–H and O–H groups in total. The van der Waals surface area contributed by atoms with Crippen molar-refractivity contribution in [2.75, 3.05) is 7.11 Å². The Morgan fingerprint density at radius 3 is 2.62 bits per heavy atom. The number of benzene rings is 2. The molecule has 156 valence electrons. The second kappa shape index (κ2) is 9.29. The molecule has 29 heavy (non-hydrogen) atoms. The van der Waals surface area contributed by atoms with Gasteiger partial charge in [-0.1, -0.05) is 50.5 Å². The maximum absolute atomic E-state index is 14.3. The van der Waals surface area contributed by atoms with Crippen molar-refractivity contribution in [1.82, 2.24) is 5.32 Å². The zero-order chi connectivity index (χ0) is 20.9. The van der Waals surface area contributed by atoms with Crippen LogP contribution in [0.1, 0.15) is 56.6 Å². The summed E-state index contributed by atoms with van der Waals surface area (Å²) in [6, 6.07) is 14.0. The van der Waals surface area contributed by atoms with Crippen molar-refractivity contribution < 1.29 is 19.0 Å². The number of carbonyl (C=O) groups excluding carboxylic acids is 1. The lowest BCUT2D eigenvalue weighted by Gasteiger charge is -2.43. The highest BCUT2D eigenvalue weighted by molar-refractivity contribution is 5.67. The van der Waals surface area contributed by atoms with Crippen molar-refractivity contribution in [3.8, 4) is 5.75 Å². The molecular weight excluding hydrogens is 369 g/mol. The predicted molar refractivity (Wildman–Crippen MR) is 111 cm³/mol. The number of unbranched alkanes of at least 4 members (excludes halogenated alkanes) is 1. The van der Waals surface area contributed by atoms with Crippen LogP contribution < -0.4 is 5.32 Å². The van der Waals surface area contributed by atoms with Crippen molar-refractivity contribution in [2.45, 2.75) is 56.9 Å². The zero-order valence-electron chi connectivity index (χ0n) is 17.2. The molecular formula is C24H30FNO3. The molecule has 0 radical (unpaired) electrons. The van der Waals surface area contributed by atoms with Crippen molar-refractivity contribution in [1.29, 1.82) is 0 Å². The van der Waals surface area contributed by atoms with Gasteiger partial charge in [-0.2, -0.15) is 0 Å². The van der Waals surface area contributed by atoms with E-state index < -0.39 is 11.5 Å². The lowest BCUT2D eigenvalue weighted by molar-refractivity contribution is 0.157. The Kier molecular flexibility index (Phi) is 6.78. The van der Waals surface area contributed by atoms with Gasteiger partial charge in [0.15, 0.2) is 0 Å². The molecule has 3 rings (SSSR count). The number of hydrogen-bond donors (Lipinski definition) is 2. The summed E-state index contributed by atoms with van der Waals surface area (Å²) in [5, 5.41) is 12.9. The number of hydrogen-bond acceptors (Lipinski definition) is 3. The van der Waals surface area contributed by atoms with Gasteiger partial charge in [0.1, 0.15) is 11.6 Å². The molecule has 0 spiro atoms. The minimum Gasteiger partial charge on any atom is -0.508 e. The number of alkyl carbamates (subject to hydrolysis) is 1. The summed E-state index contributed by atoms with van der Waals surface area (Å²) in [4.78, 5) is 12.0. The number of rotatable bonds is 7. The first-order valence-electron chi connectivity index (χ1n) is 10.4. The Morgan fingerprint density at radius 1 is 1.21 bits per heavy atom. The number of phenols is 1. The van der Waals surface area contributed by atoms with Gasteiger partial charge < -0.3 is 15.2 Å². The van der Waals surface area contributed by atoms with E-state index in [1.54, 1.807) is 24.3 Å². The normalized spacial score (nSPS) is 20.8. The minimum atomic E-state index is -0.464. The first kappa shape index (κ1) is 21.2. The second-order valence-electron chi connectivity index (χ2n) is 7.91. The summed E-state index contributed by atoms with van der Waals surface area (Å²) >= 11 is 0. The maximum Gasteiger partial charge on any atom is 0.407 e. The number of nitrogens with one attached hydrogen (secondary N) is 1. The smallest absolute Gasteiger partial charge is 0.407 e. The van der Waals surface area contributed by atoms with Crippen LogP contribution in [0.15, 0.2) is 48.5 Å². The van der Waals surface area contributed by atoms with Crippen molar-refractivity contribution >= 4 is 6.09 Å². The first-order valence-corrected chi connectivity index (χ1v) is 10.4. The van der Waals surface area contributed by atoms with Crippen molar-refractivity contribution in [3.63, 3.8) is 0 Å². The van der Waals surface area contributed by atoms with Gasteiger partial charge in [-0.25, -0.2) is 9.18 Å². The molecule has 3 atom stereocenters. The molecule has 5 heteroatoms. The highest BCUT2D eigenvalue weighted by Crippen LogP contribution is 2.50. The van der Waals surface area contributed by atoms with E-state index in [0.717, 1.165) is 49.7 Å². The lowest BCUT2D eigenvalue weighted by atomic mass is 9.61. The summed E-state index contributed by atoms with van der Waals surface area (Å²) in [5.74, 6) is 0.0326. The molecule has 4 nitrogen and oxygen atoms in total. The number of aromatic hydroxyl groups is 1. The quantitative estimate of drug-likeness (QED) is 0.643. The Bertz CT molecular complexity index is 823. The number of amides is 1. The number of carbonyl (C=O) groups is 1. The topological polar surface area (TPSA) is 58.6 Å². The van der Waals surface area contributed by atoms with Crippen LogP contribution in [0.2, 0.25) is 0 Å². The zero-order valence-corrected chi connectivity index (χ0v) is 17.2. The van der Waals surface area contributed by atoms with E-state index in [0.29, 0.717) is 0 Å². The van der Waals surface area contributed by atoms with Gasteiger partial charge in [0.25, 0.3) is 0 Å². The van der Waals surface area contributed by atoms with Gasteiger partial charge in [-0.3, -0.25) is 0 Å². The third kappa shape index (κ3) is 4.39. The van der Waals surface area contributed by atoms with Crippen LogP contribution >= 0.6 is 0 Å². The van der Waals surface area contributed by atoms with Crippen LogP contribution in [0.5, 0.6) is 5.75 Å². The van der Waals surface area contributed by atoms with E-state index in [9.17, 15) is 14.3 Å². The van der Waals surface area contributed by atoms with Crippen LogP contribution in [0.25, 0.3) is 0 Å². The molecule has 0 bridgehead atoms. The number of halogens is 1. The van der Waals surface area contributed by atoms with Gasteiger partial charge in [0.05, 0.1) is 7.11 Å². The standard InChI is InChI=1S/C24H30FNO3/c1-3-4-15-24(17-11-13-20(27)14-12-17,18-7-5-8-19(25)16-18)21-9-6-10-22(21)26-23(28)29-2/h5,7-8,11-14,16,21-22,27H,3-4,6,9-10,15H2,1-2H3,(H,26,28)/t21-,22-,24?/m0/s1. The molecule has 1 fully saturated rings. The fraction of sp³-hybridized carbons (Fsp3) is 0.458. The van der Waals surface area contributed by atoms with E-state index in [4.69, 9.17) is 4.74 Å². The fourth-order valence-corrected chi connectivity index (χ4v) is 4.98. The van der Waals surface area contributed by atoms with E-state index in [-0.39, 0.29) is 23.5 Å². The summed E-state index contributed by atoms with van der Waals surface area (Å²) in [7, 11) is 1.37. The molecule has 1 unspecified atom stereocenters. The predicted octanol–water partition coefficient (Wildman–Crippen LogP) is 5.53. The third-order valence-electron chi connectivity index (χ3n) is 6.28. The Morgan fingerprint density at radius 2 is 1.97 bits per heavy atom. The average Bonchev–Trinajstić information content (AvgIpc) is 3.18. The highest BCUT2D eigenvalue weighted by Gasteiger charge is 2.47. The molecule has 0 aromatic heterocycles. The van der Waals surface area contributed by atoms with Gasteiger partial charge in [0, 0.05) is 11.5 Å². The fourth-order valence-electron chi connectivity index (χ4n) is 4.98. The summed E-state index contributed by atoms with van der Waals surface area (Å²) in [5.41, 5.74) is 1.49. The molecule has 0 aliphatic heterocycles. The number of ether oxygens (including phenoxy) is 1. The number of phenolic OH excluding ortho intramolecular Hbond substituents is 1. The SMILES string of the molecule is CCCCC(c1ccc(O)cc1)(c1cccc(F)c1)[C@H]1CCC[C@@H]1NC(=O)OC. The van der Waals surface area contributed by atoms with Gasteiger partial charge in [-0.05, 0) is 60.6 Å². The van der Waals surface area contributed by atoms with Gasteiger partial charge in [0.2, 0.25) is 0 Å². The summed E-state index contributed by atoms with van der Waals surface area (Å²) in [6.07, 6.45) is 5.16. The molecule has 1 aliphatic rings. The molecule has 2 aromatic rings. The van der Waals surface area contributed by atoms with E-state index in [2.05, 4.69) is 12.2 Å². The molecule has 0 heterocycles. The molecule has 1 aliphatic carbocycles. The van der Waals surface area contributed by atoms with Crippen LogP contribution in [-0.2, 0) is 10.2 Å². The maximum atomic E-state index is 14.3. The highest BCUT2D eigenvalue weighted by atomic mass is 19.1. The van der Waals surface area contributed by atoms with Crippen molar-refractivity contribution in [2.24, 2.45) is 5.92 Å². The first-order chi connectivity index (χ1) is 14.0. The van der Waals surface area contributed by atoms with Gasteiger partial charge in [-0.15, -0.1) is 0 Å². The summed E-state index contributed by atoms with van der Waals surface area (Å²) in [6.45, 7) is 2.14. The van der Waals surface area contributed by atoms with Gasteiger partial charge >= 0.3 is 6.09 Å². The van der Waals surface area contributed by atoms with E-state index in [1.165, 1.54) is 13.2 Å². The second-order valence-corrected chi connectivity index (χ2v) is 7.91. The molecule has 1 saturated carbocycles. The van der Waals surface area contributed by atoms with Crippen LogP contribution in [-0.4, -0.2) is 24.4 Å². The minimum absolute atomic E-state index is 0.0589. The number of methoxy groups -OCH3 is 1. The van der Waals surface area contributed by atoms with Crippen molar-refractivity contribution in [3.05, 3.63) is 65.5 Å². The van der Waals surface area contributed by atoms with Crippen LogP contribution in [0.3, 0.4) is 0 Å². The Labute approximate surface area is 172 Å². The van der Waals surface area contributed by atoms with Crippen LogP contribution in [0.4, 0.5) is 9.18 Å². The summed E-state index contributed by atoms with van der Waals surface area (Å²) < 4.78 is 19.2. The molecule has 2 aromatic carbocycles. The molecule has 0 saturated heterocycles. The van der Waals surface area contributed by atoms with E-state index >= 15 is 0 Å². The Hall–Kier alpha value is -2.56.